The fraction of sp³-hybridized carbons (Fsp3) is 0.462. The molecular weight excluding hydrogens is 282 g/mol. The number of nitrogens with two attached hydrogens (primary N) is 1. The molecule has 0 saturated heterocycles. The van der Waals surface area contributed by atoms with Gasteiger partial charge >= 0.3 is 0 Å². The van der Waals surface area contributed by atoms with Crippen molar-refractivity contribution in [3.05, 3.63) is 38.9 Å². The van der Waals surface area contributed by atoms with Gasteiger partial charge in [0, 0.05) is 18.7 Å². The molecule has 20 heavy (non-hydrogen) atoms. The number of benzene rings is 1. The number of amides is 1. The number of hydrogen-bond donors (Lipinski definition) is 2. The van der Waals surface area contributed by atoms with Crippen molar-refractivity contribution < 1.29 is 9.72 Å². The summed E-state index contributed by atoms with van der Waals surface area (Å²) in [6, 6.07) is 3.82. The van der Waals surface area contributed by atoms with Crippen molar-refractivity contribution in [3.8, 4) is 0 Å². The second kappa shape index (κ2) is 5.76. The maximum absolute atomic E-state index is 12.2. The van der Waals surface area contributed by atoms with Gasteiger partial charge in [0.1, 0.15) is 0 Å². The molecule has 0 bridgehead atoms. The van der Waals surface area contributed by atoms with Crippen molar-refractivity contribution in [1.29, 1.82) is 0 Å². The van der Waals surface area contributed by atoms with E-state index in [1.54, 1.807) is 0 Å². The number of non-ortho nitro benzene ring substituents is 1. The molecule has 6 nitrogen and oxygen atoms in total. The standard InChI is InChI=1S/C13H16ClN3O3/c14-11-7-9(17(19)20)3-4-10(11)12(18)16-13(8-15)5-1-2-6-13/h3-4,7H,1-2,5-6,8,15H2,(H,16,18). The molecule has 1 saturated carbocycles. The van der Waals surface area contributed by atoms with Gasteiger partial charge in [0.05, 0.1) is 21.0 Å². The zero-order valence-electron chi connectivity index (χ0n) is 10.9. The molecule has 0 radical (unpaired) electrons. The van der Waals surface area contributed by atoms with E-state index in [2.05, 4.69) is 5.32 Å². The quantitative estimate of drug-likeness (QED) is 0.657. The summed E-state index contributed by atoms with van der Waals surface area (Å²) in [6.45, 7) is 0.378. The van der Waals surface area contributed by atoms with Gasteiger partial charge in [-0.25, -0.2) is 0 Å². The van der Waals surface area contributed by atoms with E-state index >= 15 is 0 Å². The van der Waals surface area contributed by atoms with E-state index in [4.69, 9.17) is 17.3 Å². The van der Waals surface area contributed by atoms with Gasteiger partial charge in [-0.1, -0.05) is 24.4 Å². The van der Waals surface area contributed by atoms with Crippen LogP contribution in [0.2, 0.25) is 5.02 Å². The number of nitrogens with one attached hydrogen (secondary N) is 1. The molecular formula is C13H16ClN3O3. The van der Waals surface area contributed by atoms with Crippen LogP contribution in [-0.4, -0.2) is 22.9 Å². The first-order chi connectivity index (χ1) is 9.47. The molecule has 0 atom stereocenters. The Hall–Kier alpha value is -1.66. The fourth-order valence-corrected chi connectivity index (χ4v) is 2.80. The van der Waals surface area contributed by atoms with E-state index in [1.165, 1.54) is 18.2 Å². The summed E-state index contributed by atoms with van der Waals surface area (Å²) >= 11 is 5.95. The van der Waals surface area contributed by atoms with Gasteiger partial charge in [-0.2, -0.15) is 0 Å². The molecule has 108 valence electrons. The second-order valence-electron chi connectivity index (χ2n) is 5.07. The lowest BCUT2D eigenvalue weighted by Gasteiger charge is -2.28. The average molecular weight is 298 g/mol. The number of rotatable bonds is 4. The maximum atomic E-state index is 12.2. The fourth-order valence-electron chi connectivity index (χ4n) is 2.54. The molecule has 1 aliphatic rings. The lowest BCUT2D eigenvalue weighted by Crippen LogP contribution is -2.51. The summed E-state index contributed by atoms with van der Waals surface area (Å²) < 4.78 is 0. The Balaban J connectivity index is 2.19. The van der Waals surface area contributed by atoms with E-state index in [-0.39, 0.29) is 27.7 Å². The van der Waals surface area contributed by atoms with Crippen LogP contribution in [0.4, 0.5) is 5.69 Å². The van der Waals surface area contributed by atoms with Gasteiger partial charge in [-0.15, -0.1) is 0 Å². The summed E-state index contributed by atoms with van der Waals surface area (Å²) in [7, 11) is 0. The average Bonchev–Trinajstić information content (AvgIpc) is 2.87. The van der Waals surface area contributed by atoms with Crippen molar-refractivity contribution >= 4 is 23.2 Å². The number of nitro groups is 1. The van der Waals surface area contributed by atoms with Crippen molar-refractivity contribution in [1.82, 2.24) is 5.32 Å². The molecule has 1 aromatic carbocycles. The first-order valence-electron chi connectivity index (χ1n) is 6.44. The number of halogens is 1. The molecule has 1 amide bonds. The summed E-state index contributed by atoms with van der Waals surface area (Å²) in [6.07, 6.45) is 3.76. The van der Waals surface area contributed by atoms with Gasteiger partial charge in [-0.3, -0.25) is 14.9 Å². The number of nitrogens with zero attached hydrogens (tertiary/aromatic N) is 1. The topological polar surface area (TPSA) is 98.3 Å². The highest BCUT2D eigenvalue weighted by Gasteiger charge is 2.34. The minimum Gasteiger partial charge on any atom is -0.345 e. The predicted octanol–water partition coefficient (Wildman–Crippen LogP) is 2.25. The van der Waals surface area contributed by atoms with E-state index in [0.717, 1.165) is 25.7 Å². The largest absolute Gasteiger partial charge is 0.345 e. The minimum atomic E-state index is -0.550. The Morgan fingerprint density at radius 2 is 2.10 bits per heavy atom. The molecule has 0 aliphatic heterocycles. The van der Waals surface area contributed by atoms with Crippen molar-refractivity contribution in [2.75, 3.05) is 6.54 Å². The van der Waals surface area contributed by atoms with Crippen LogP contribution in [0.15, 0.2) is 18.2 Å². The number of carbonyl (C=O) groups is 1. The minimum absolute atomic E-state index is 0.0712. The third-order valence-corrected chi connectivity index (χ3v) is 4.05. The normalized spacial score (nSPS) is 16.9. The molecule has 3 N–H and O–H groups in total. The van der Waals surface area contributed by atoms with E-state index in [0.29, 0.717) is 6.54 Å². The Kier molecular flexibility index (Phi) is 4.25. The van der Waals surface area contributed by atoms with Crippen LogP contribution < -0.4 is 11.1 Å². The Bertz CT molecular complexity index is 542. The van der Waals surface area contributed by atoms with E-state index in [9.17, 15) is 14.9 Å². The van der Waals surface area contributed by atoms with Gasteiger partial charge in [0.2, 0.25) is 0 Å². The van der Waals surface area contributed by atoms with Crippen LogP contribution in [0.1, 0.15) is 36.0 Å². The molecule has 1 aromatic rings. The SMILES string of the molecule is NCC1(NC(=O)c2ccc([N+](=O)[O-])cc2Cl)CCCC1. The molecule has 0 unspecified atom stereocenters. The zero-order valence-corrected chi connectivity index (χ0v) is 11.7. The first-order valence-corrected chi connectivity index (χ1v) is 6.82. The van der Waals surface area contributed by atoms with Crippen LogP contribution in [0.3, 0.4) is 0 Å². The van der Waals surface area contributed by atoms with Crippen molar-refractivity contribution in [2.45, 2.75) is 31.2 Å². The molecule has 1 aliphatic carbocycles. The van der Waals surface area contributed by atoms with Crippen LogP contribution in [0, 0.1) is 10.1 Å². The van der Waals surface area contributed by atoms with Gasteiger partial charge in [0.25, 0.3) is 11.6 Å². The second-order valence-corrected chi connectivity index (χ2v) is 5.47. The Morgan fingerprint density at radius 3 is 2.60 bits per heavy atom. The van der Waals surface area contributed by atoms with Crippen molar-refractivity contribution in [3.63, 3.8) is 0 Å². The molecule has 0 heterocycles. The lowest BCUT2D eigenvalue weighted by molar-refractivity contribution is -0.384. The summed E-state index contributed by atoms with van der Waals surface area (Å²) in [5, 5.41) is 13.6. The molecule has 0 aromatic heterocycles. The van der Waals surface area contributed by atoms with Gasteiger partial charge in [-0.05, 0) is 18.9 Å². The summed E-state index contributed by atoms with van der Waals surface area (Å²) in [4.78, 5) is 22.3. The highest BCUT2D eigenvalue weighted by atomic mass is 35.5. The lowest BCUT2D eigenvalue weighted by atomic mass is 9.97. The first kappa shape index (κ1) is 14.7. The zero-order chi connectivity index (χ0) is 14.8. The number of nitro benzene ring substituents is 1. The molecule has 1 fully saturated rings. The van der Waals surface area contributed by atoms with Crippen molar-refractivity contribution in [2.24, 2.45) is 5.73 Å². The third kappa shape index (κ3) is 2.91. The molecule has 0 spiro atoms. The molecule has 2 rings (SSSR count). The number of carbonyl (C=O) groups excluding carboxylic acids is 1. The van der Waals surface area contributed by atoms with Crippen LogP contribution in [0.25, 0.3) is 0 Å². The highest BCUT2D eigenvalue weighted by Crippen LogP contribution is 2.30. The summed E-state index contributed by atoms with van der Waals surface area (Å²) in [5.74, 6) is -0.336. The van der Waals surface area contributed by atoms with Gasteiger partial charge < -0.3 is 11.1 Å². The summed E-state index contributed by atoms with van der Waals surface area (Å²) in [5.41, 5.74) is 5.48. The van der Waals surface area contributed by atoms with E-state index in [1.807, 2.05) is 0 Å². The molecule has 7 heteroatoms. The van der Waals surface area contributed by atoms with Crippen LogP contribution >= 0.6 is 11.6 Å². The van der Waals surface area contributed by atoms with Crippen LogP contribution in [-0.2, 0) is 0 Å². The highest BCUT2D eigenvalue weighted by molar-refractivity contribution is 6.34. The maximum Gasteiger partial charge on any atom is 0.270 e. The van der Waals surface area contributed by atoms with E-state index < -0.39 is 4.92 Å². The van der Waals surface area contributed by atoms with Gasteiger partial charge in [0.15, 0.2) is 0 Å². The third-order valence-electron chi connectivity index (χ3n) is 3.74. The Labute approximate surface area is 121 Å². The monoisotopic (exact) mass is 297 g/mol. The smallest absolute Gasteiger partial charge is 0.270 e. The predicted molar refractivity (Wildman–Crippen MR) is 75.8 cm³/mol. The van der Waals surface area contributed by atoms with Crippen LogP contribution in [0.5, 0.6) is 0 Å². The Morgan fingerprint density at radius 1 is 1.45 bits per heavy atom. The number of hydrogen-bond acceptors (Lipinski definition) is 4.